The zero-order chi connectivity index (χ0) is 28.7. The second kappa shape index (κ2) is 14.1. The molecular formula is C28H30Cl2O9. The zero-order valence-electron chi connectivity index (χ0n) is 21.4. The van der Waals surface area contributed by atoms with Crippen LogP contribution in [0, 0.1) is 19.3 Å². The van der Waals surface area contributed by atoms with Gasteiger partial charge in [-0.3, -0.25) is 4.79 Å². The highest BCUT2D eigenvalue weighted by atomic mass is 35.5. The number of halogens is 2. The Morgan fingerprint density at radius 2 is 1.87 bits per heavy atom. The number of ketones is 1. The SMILES string of the molecule is C#CCCC(=O)Cc1cccc(COc2c(Cl)cc(C(=O)O[C@H]3[C@@H](OC)O[C@H](CO)[C@@H](O)[C@@H]3O)c(C)c2Cl)c1. The molecule has 0 bridgehead atoms. The molecule has 0 radical (unpaired) electrons. The fourth-order valence-electron chi connectivity index (χ4n) is 4.11. The van der Waals surface area contributed by atoms with E-state index in [1.165, 1.54) is 13.2 Å². The van der Waals surface area contributed by atoms with E-state index in [9.17, 15) is 24.9 Å². The van der Waals surface area contributed by atoms with E-state index in [0.717, 1.165) is 11.1 Å². The van der Waals surface area contributed by atoms with Gasteiger partial charge in [-0.15, -0.1) is 12.3 Å². The Morgan fingerprint density at radius 3 is 2.54 bits per heavy atom. The molecule has 0 amide bonds. The van der Waals surface area contributed by atoms with Crippen molar-refractivity contribution in [1.82, 2.24) is 0 Å². The first-order valence-corrected chi connectivity index (χ1v) is 12.9. The van der Waals surface area contributed by atoms with E-state index >= 15 is 0 Å². The quantitative estimate of drug-likeness (QED) is 0.271. The summed E-state index contributed by atoms with van der Waals surface area (Å²) in [5, 5.41) is 30.1. The number of hydrogen-bond acceptors (Lipinski definition) is 9. The van der Waals surface area contributed by atoms with Crippen LogP contribution in [-0.2, 0) is 32.0 Å². The Bertz CT molecular complexity index is 1220. The van der Waals surface area contributed by atoms with Crippen LogP contribution in [0.15, 0.2) is 30.3 Å². The highest BCUT2D eigenvalue weighted by Crippen LogP contribution is 2.39. The summed E-state index contributed by atoms with van der Waals surface area (Å²) in [6.07, 6.45) is -0.635. The largest absolute Gasteiger partial charge is 0.486 e. The Balaban J connectivity index is 1.73. The maximum atomic E-state index is 13.0. The molecule has 3 N–H and O–H groups in total. The van der Waals surface area contributed by atoms with Gasteiger partial charge in [0.1, 0.15) is 30.7 Å². The molecule has 39 heavy (non-hydrogen) atoms. The lowest BCUT2D eigenvalue weighted by Gasteiger charge is -2.40. The molecule has 0 spiro atoms. The lowest BCUT2D eigenvalue weighted by atomic mass is 9.99. The minimum Gasteiger partial charge on any atom is -0.486 e. The minimum atomic E-state index is -1.58. The Morgan fingerprint density at radius 1 is 1.15 bits per heavy atom. The van der Waals surface area contributed by atoms with Gasteiger partial charge in [-0.25, -0.2) is 4.79 Å². The van der Waals surface area contributed by atoms with E-state index < -0.39 is 43.3 Å². The highest BCUT2D eigenvalue weighted by Gasteiger charge is 2.47. The fraction of sp³-hybridized carbons (Fsp3) is 0.429. The molecule has 2 aromatic rings. The van der Waals surface area contributed by atoms with Crippen LogP contribution in [0.1, 0.15) is 39.9 Å². The van der Waals surface area contributed by atoms with Crippen molar-refractivity contribution in [3.05, 3.63) is 62.6 Å². The van der Waals surface area contributed by atoms with Crippen molar-refractivity contribution in [2.45, 2.75) is 63.5 Å². The van der Waals surface area contributed by atoms with Crippen LogP contribution in [-0.4, -0.2) is 71.5 Å². The summed E-state index contributed by atoms with van der Waals surface area (Å²) in [6, 6.07) is 8.65. The van der Waals surface area contributed by atoms with E-state index in [1.54, 1.807) is 6.92 Å². The van der Waals surface area contributed by atoms with Crippen LogP contribution in [0.25, 0.3) is 0 Å². The van der Waals surface area contributed by atoms with Gasteiger partial charge in [0, 0.05) is 26.4 Å². The molecule has 9 nitrogen and oxygen atoms in total. The van der Waals surface area contributed by atoms with Gasteiger partial charge in [-0.05, 0) is 29.7 Å². The van der Waals surface area contributed by atoms with Crippen LogP contribution >= 0.6 is 23.2 Å². The number of carbonyl (C=O) groups excluding carboxylic acids is 2. The fourth-order valence-corrected chi connectivity index (χ4v) is 4.67. The van der Waals surface area contributed by atoms with Gasteiger partial charge in [-0.2, -0.15) is 0 Å². The second-order valence-corrected chi connectivity index (χ2v) is 9.80. The summed E-state index contributed by atoms with van der Waals surface area (Å²) in [4.78, 5) is 25.1. The number of methoxy groups -OCH3 is 1. The van der Waals surface area contributed by atoms with E-state index in [0.29, 0.717) is 18.4 Å². The Hall–Kier alpha value is -2.68. The first-order valence-electron chi connectivity index (χ1n) is 12.1. The van der Waals surface area contributed by atoms with Crippen molar-refractivity contribution in [1.29, 1.82) is 0 Å². The molecule has 0 aliphatic carbocycles. The van der Waals surface area contributed by atoms with Crippen LogP contribution in [0.4, 0.5) is 0 Å². The number of hydrogen-bond donors (Lipinski definition) is 3. The van der Waals surface area contributed by atoms with Crippen molar-refractivity contribution < 1.29 is 43.9 Å². The number of aliphatic hydroxyl groups is 3. The molecule has 1 saturated heterocycles. The van der Waals surface area contributed by atoms with Crippen molar-refractivity contribution >= 4 is 35.0 Å². The molecule has 1 aliphatic rings. The average Bonchev–Trinajstić information content (AvgIpc) is 2.92. The molecule has 1 heterocycles. The molecule has 0 aromatic heterocycles. The smallest absolute Gasteiger partial charge is 0.339 e. The van der Waals surface area contributed by atoms with Gasteiger partial charge in [0.15, 0.2) is 18.1 Å². The first kappa shape index (κ1) is 30.9. The summed E-state index contributed by atoms with van der Waals surface area (Å²) >= 11 is 12.9. The molecule has 1 aliphatic heterocycles. The number of ether oxygens (including phenoxy) is 4. The first-order chi connectivity index (χ1) is 18.6. The molecule has 0 saturated carbocycles. The second-order valence-electron chi connectivity index (χ2n) is 9.01. The summed E-state index contributed by atoms with van der Waals surface area (Å²) in [6.45, 7) is 1.10. The lowest BCUT2D eigenvalue weighted by Crippen LogP contribution is -2.60. The number of carbonyl (C=O) groups is 2. The van der Waals surface area contributed by atoms with Crippen LogP contribution < -0.4 is 4.74 Å². The standard InChI is InChI=1S/C28H30Cl2O9/c1-4-5-9-18(32)11-16-7-6-8-17(10-16)14-37-25-20(29)12-19(15(2)22(25)30)27(35)39-26-24(34)23(33)21(13-31)38-28(26)36-3/h1,6-8,10,12,21,23-24,26,28,31,33-34H,5,9,11,13-14H2,2-3H3/t21-,23-,24+,26-,28+/m1/s1. The third-order valence-electron chi connectivity index (χ3n) is 6.26. The molecule has 2 aromatic carbocycles. The summed E-state index contributed by atoms with van der Waals surface area (Å²) in [5.41, 5.74) is 1.92. The minimum absolute atomic E-state index is 0.00523. The monoisotopic (exact) mass is 580 g/mol. The van der Waals surface area contributed by atoms with Crippen molar-refractivity contribution in [3.8, 4) is 18.1 Å². The van der Waals surface area contributed by atoms with Gasteiger partial charge >= 0.3 is 5.97 Å². The lowest BCUT2D eigenvalue weighted by molar-refractivity contribution is -0.293. The number of aliphatic hydroxyl groups excluding tert-OH is 3. The molecular weight excluding hydrogens is 551 g/mol. The number of Topliss-reactive ketones (excluding diaryl/α,β-unsaturated/α-hetero) is 1. The Kier molecular flexibility index (Phi) is 11.2. The number of terminal acetylenes is 1. The van der Waals surface area contributed by atoms with E-state index in [-0.39, 0.29) is 40.2 Å². The third-order valence-corrected chi connectivity index (χ3v) is 7.00. The molecule has 1 fully saturated rings. The zero-order valence-corrected chi connectivity index (χ0v) is 22.9. The molecule has 210 valence electrons. The molecule has 0 unspecified atom stereocenters. The van der Waals surface area contributed by atoms with Crippen LogP contribution in [0.2, 0.25) is 10.0 Å². The van der Waals surface area contributed by atoms with Gasteiger partial charge in [0.2, 0.25) is 0 Å². The van der Waals surface area contributed by atoms with Gasteiger partial charge in [0.05, 0.1) is 22.2 Å². The van der Waals surface area contributed by atoms with Crippen LogP contribution in [0.5, 0.6) is 5.75 Å². The molecule has 11 heteroatoms. The normalized spacial score (nSPS) is 22.7. The third kappa shape index (κ3) is 7.50. The number of rotatable bonds is 11. The predicted octanol–water partition coefficient (Wildman–Crippen LogP) is 3.02. The number of esters is 1. The summed E-state index contributed by atoms with van der Waals surface area (Å²) < 4.78 is 21.8. The maximum Gasteiger partial charge on any atom is 0.339 e. The van der Waals surface area contributed by atoms with Crippen LogP contribution in [0.3, 0.4) is 0 Å². The predicted molar refractivity (Wildman–Crippen MR) is 143 cm³/mol. The maximum absolute atomic E-state index is 13.0. The van der Waals surface area contributed by atoms with Gasteiger partial charge < -0.3 is 34.3 Å². The highest BCUT2D eigenvalue weighted by molar-refractivity contribution is 6.38. The Labute approximate surface area is 236 Å². The topological polar surface area (TPSA) is 132 Å². The van der Waals surface area contributed by atoms with Gasteiger partial charge in [-0.1, -0.05) is 47.5 Å². The molecule has 3 rings (SSSR count). The van der Waals surface area contributed by atoms with Crippen molar-refractivity contribution in [3.63, 3.8) is 0 Å². The number of benzene rings is 2. The molecule has 5 atom stereocenters. The average molecular weight is 581 g/mol. The summed E-state index contributed by atoms with van der Waals surface area (Å²) in [7, 11) is 1.27. The van der Waals surface area contributed by atoms with E-state index in [4.69, 9.17) is 48.6 Å². The van der Waals surface area contributed by atoms with Gasteiger partial charge in [0.25, 0.3) is 0 Å². The van der Waals surface area contributed by atoms with Crippen molar-refractivity contribution in [2.75, 3.05) is 13.7 Å². The van der Waals surface area contributed by atoms with E-state index in [2.05, 4.69) is 5.92 Å². The summed E-state index contributed by atoms with van der Waals surface area (Å²) in [5.74, 6) is 1.76. The van der Waals surface area contributed by atoms with Crippen molar-refractivity contribution in [2.24, 2.45) is 0 Å². The van der Waals surface area contributed by atoms with E-state index in [1.807, 2.05) is 24.3 Å².